The number of sulfonamides is 1. The molecule has 1 fully saturated rings. The molecule has 20 heavy (non-hydrogen) atoms. The molecule has 7 heteroatoms. The number of benzene rings is 1. The lowest BCUT2D eigenvalue weighted by Crippen LogP contribution is -2.37. The normalized spacial score (nSPS) is 18.3. The number of rotatable bonds is 4. The predicted molar refractivity (Wildman–Crippen MR) is 76.2 cm³/mol. The van der Waals surface area contributed by atoms with Gasteiger partial charge in [0.1, 0.15) is 10.7 Å². The number of halogens is 1. The zero-order chi connectivity index (χ0) is 14.8. The summed E-state index contributed by atoms with van der Waals surface area (Å²) in [5, 5.41) is 0. The molecule has 0 saturated carbocycles. The Hall–Kier alpha value is -1.18. The van der Waals surface area contributed by atoms with Crippen LogP contribution in [0, 0.1) is 11.7 Å². The van der Waals surface area contributed by atoms with Crippen molar-refractivity contribution in [3.63, 3.8) is 0 Å². The number of likely N-dealkylation sites (tertiary alicyclic amines) is 1. The topological polar surface area (TPSA) is 75.4 Å². The fraction of sp³-hybridized carbons (Fsp3) is 0.538. The zero-order valence-corrected chi connectivity index (χ0v) is 12.3. The molecule has 5 nitrogen and oxygen atoms in total. The van der Waals surface area contributed by atoms with Gasteiger partial charge < -0.3 is 10.6 Å². The number of hydrogen-bond donors (Lipinski definition) is 2. The molecule has 0 amide bonds. The van der Waals surface area contributed by atoms with Crippen LogP contribution >= 0.6 is 0 Å². The fourth-order valence-electron chi connectivity index (χ4n) is 2.34. The van der Waals surface area contributed by atoms with Gasteiger partial charge in [0, 0.05) is 6.54 Å². The van der Waals surface area contributed by atoms with Crippen molar-refractivity contribution in [1.29, 1.82) is 0 Å². The number of hydrogen-bond acceptors (Lipinski definition) is 4. The second-order valence-electron chi connectivity index (χ2n) is 5.28. The van der Waals surface area contributed by atoms with E-state index in [1.165, 1.54) is 6.07 Å². The average molecular weight is 301 g/mol. The second kappa shape index (κ2) is 6.07. The first-order valence-electron chi connectivity index (χ1n) is 6.62. The van der Waals surface area contributed by atoms with E-state index in [0.29, 0.717) is 12.5 Å². The average Bonchev–Trinajstić information content (AvgIpc) is 2.37. The highest BCUT2D eigenvalue weighted by molar-refractivity contribution is 7.89. The zero-order valence-electron chi connectivity index (χ0n) is 11.5. The Morgan fingerprint density at radius 2 is 2.05 bits per heavy atom. The van der Waals surface area contributed by atoms with Crippen molar-refractivity contribution in [2.45, 2.75) is 17.7 Å². The van der Waals surface area contributed by atoms with Crippen molar-refractivity contribution in [2.24, 2.45) is 5.92 Å². The smallest absolute Gasteiger partial charge is 0.242 e. The lowest BCUT2D eigenvalue weighted by Gasteiger charge is -2.28. The van der Waals surface area contributed by atoms with E-state index in [1.807, 2.05) is 0 Å². The maximum Gasteiger partial charge on any atom is 0.242 e. The highest BCUT2D eigenvalue weighted by Crippen LogP contribution is 2.20. The standard InChI is InChI=1S/C13H20FN3O2S/c1-17-6-4-10(5-7-17)9-16-20(18,19)13-3-2-11(14)8-12(13)15/h2-3,8,10,16H,4-7,9,15H2,1H3. The van der Waals surface area contributed by atoms with Crippen LogP contribution in [-0.2, 0) is 10.0 Å². The highest BCUT2D eigenvalue weighted by Gasteiger charge is 2.22. The Kier molecular flexibility index (Phi) is 4.62. The van der Waals surface area contributed by atoms with Gasteiger partial charge >= 0.3 is 0 Å². The molecule has 0 bridgehead atoms. The lowest BCUT2D eigenvalue weighted by atomic mass is 9.98. The molecule has 3 N–H and O–H groups in total. The monoisotopic (exact) mass is 301 g/mol. The van der Waals surface area contributed by atoms with Gasteiger partial charge in [0.05, 0.1) is 5.69 Å². The number of piperidine rings is 1. The first kappa shape index (κ1) is 15.2. The summed E-state index contributed by atoms with van der Waals surface area (Å²) in [6.07, 6.45) is 1.94. The second-order valence-corrected chi connectivity index (χ2v) is 7.02. The summed E-state index contributed by atoms with van der Waals surface area (Å²) >= 11 is 0. The van der Waals surface area contributed by atoms with Crippen LogP contribution < -0.4 is 10.5 Å². The molecule has 112 valence electrons. The molecule has 1 aromatic rings. The Morgan fingerprint density at radius 3 is 2.65 bits per heavy atom. The Morgan fingerprint density at radius 1 is 1.40 bits per heavy atom. The summed E-state index contributed by atoms with van der Waals surface area (Å²) in [5.74, 6) is -0.209. The minimum Gasteiger partial charge on any atom is -0.398 e. The molecule has 0 spiro atoms. The molecule has 0 unspecified atom stereocenters. The molecule has 1 aromatic carbocycles. The van der Waals surface area contributed by atoms with Gasteiger partial charge in [0.2, 0.25) is 10.0 Å². The summed E-state index contributed by atoms with van der Waals surface area (Å²) in [5.41, 5.74) is 5.50. The van der Waals surface area contributed by atoms with E-state index in [4.69, 9.17) is 5.73 Å². The van der Waals surface area contributed by atoms with Crippen LogP contribution in [0.3, 0.4) is 0 Å². The lowest BCUT2D eigenvalue weighted by molar-refractivity contribution is 0.220. The summed E-state index contributed by atoms with van der Waals surface area (Å²) in [4.78, 5) is 2.16. The first-order chi connectivity index (χ1) is 9.38. The molecule has 2 rings (SSSR count). The van der Waals surface area contributed by atoms with E-state index >= 15 is 0 Å². The molecular formula is C13H20FN3O2S. The van der Waals surface area contributed by atoms with E-state index < -0.39 is 15.8 Å². The van der Waals surface area contributed by atoms with Crippen LogP contribution in [0.5, 0.6) is 0 Å². The van der Waals surface area contributed by atoms with E-state index in [9.17, 15) is 12.8 Å². The minimum absolute atomic E-state index is 0.0631. The molecule has 0 radical (unpaired) electrons. The third-order valence-corrected chi connectivity index (χ3v) is 5.16. The van der Waals surface area contributed by atoms with E-state index in [2.05, 4.69) is 16.7 Å². The van der Waals surface area contributed by atoms with Gasteiger partial charge in [0.15, 0.2) is 0 Å². The number of nitrogens with one attached hydrogen (secondary N) is 1. The molecule has 1 saturated heterocycles. The van der Waals surface area contributed by atoms with Crippen molar-refractivity contribution in [3.05, 3.63) is 24.0 Å². The van der Waals surface area contributed by atoms with E-state index in [-0.39, 0.29) is 10.6 Å². The molecule has 0 aliphatic carbocycles. The Bertz CT molecular complexity index is 569. The van der Waals surface area contributed by atoms with Crippen molar-refractivity contribution in [1.82, 2.24) is 9.62 Å². The number of anilines is 1. The SMILES string of the molecule is CN1CCC(CNS(=O)(=O)c2ccc(F)cc2N)CC1. The first-order valence-corrected chi connectivity index (χ1v) is 8.10. The maximum absolute atomic E-state index is 12.9. The van der Waals surface area contributed by atoms with Crippen molar-refractivity contribution in [3.8, 4) is 0 Å². The van der Waals surface area contributed by atoms with Gasteiger partial charge in [-0.2, -0.15) is 0 Å². The molecule has 0 aromatic heterocycles. The number of nitrogens with zero attached hydrogens (tertiary/aromatic N) is 1. The quantitative estimate of drug-likeness (QED) is 0.815. The van der Waals surface area contributed by atoms with E-state index in [0.717, 1.165) is 38.1 Å². The predicted octanol–water partition coefficient (Wildman–Crippen LogP) is 1.03. The van der Waals surface area contributed by atoms with Crippen LogP contribution in [0.4, 0.5) is 10.1 Å². The maximum atomic E-state index is 12.9. The van der Waals surface area contributed by atoms with Gasteiger partial charge in [-0.05, 0) is 57.1 Å². The largest absolute Gasteiger partial charge is 0.398 e. The van der Waals surface area contributed by atoms with Crippen LogP contribution in [0.15, 0.2) is 23.1 Å². The third kappa shape index (κ3) is 3.68. The minimum atomic E-state index is -3.68. The van der Waals surface area contributed by atoms with Crippen LogP contribution in [0.1, 0.15) is 12.8 Å². The molecule has 1 heterocycles. The van der Waals surface area contributed by atoms with Crippen molar-refractivity contribution in [2.75, 3.05) is 32.4 Å². The van der Waals surface area contributed by atoms with Crippen molar-refractivity contribution < 1.29 is 12.8 Å². The van der Waals surface area contributed by atoms with Gasteiger partial charge in [-0.3, -0.25) is 0 Å². The van der Waals surface area contributed by atoms with Gasteiger partial charge in [-0.1, -0.05) is 0 Å². The van der Waals surface area contributed by atoms with Crippen LogP contribution in [0.25, 0.3) is 0 Å². The molecular weight excluding hydrogens is 281 g/mol. The Balaban J connectivity index is 2.00. The van der Waals surface area contributed by atoms with Gasteiger partial charge in [-0.15, -0.1) is 0 Å². The van der Waals surface area contributed by atoms with Crippen LogP contribution in [-0.4, -0.2) is 40.0 Å². The van der Waals surface area contributed by atoms with E-state index in [1.54, 1.807) is 0 Å². The molecule has 1 aliphatic rings. The fourth-order valence-corrected chi connectivity index (χ4v) is 3.56. The Labute approximate surface area is 119 Å². The third-order valence-electron chi connectivity index (χ3n) is 3.66. The number of nitrogen functional groups attached to an aromatic ring is 1. The summed E-state index contributed by atoms with van der Waals surface area (Å²) in [7, 11) is -1.62. The van der Waals surface area contributed by atoms with Gasteiger partial charge in [0.25, 0.3) is 0 Å². The summed E-state index contributed by atoms with van der Waals surface area (Å²) < 4.78 is 39.8. The van der Waals surface area contributed by atoms with Crippen LogP contribution in [0.2, 0.25) is 0 Å². The highest BCUT2D eigenvalue weighted by atomic mass is 32.2. The molecule has 1 aliphatic heterocycles. The number of nitrogens with two attached hydrogens (primary N) is 1. The molecule has 0 atom stereocenters. The van der Waals surface area contributed by atoms with Gasteiger partial charge in [-0.25, -0.2) is 17.5 Å². The van der Waals surface area contributed by atoms with Crippen molar-refractivity contribution >= 4 is 15.7 Å². The summed E-state index contributed by atoms with van der Waals surface area (Å²) in [6, 6.07) is 3.31. The summed E-state index contributed by atoms with van der Waals surface area (Å²) in [6.45, 7) is 2.35.